The summed E-state index contributed by atoms with van der Waals surface area (Å²) in [6.45, 7) is 3.08. The fourth-order valence-corrected chi connectivity index (χ4v) is 1.42. The molecule has 1 rings (SSSR count). The number of nitro groups is 1. The molecule has 0 saturated carbocycles. The van der Waals surface area contributed by atoms with E-state index in [2.05, 4.69) is 5.32 Å². The number of nitro benzene ring substituents is 1. The average molecular weight is 282 g/mol. The Kier molecular flexibility index (Phi) is 5.01. The first kappa shape index (κ1) is 15.4. The molecule has 1 aromatic rings. The van der Waals surface area contributed by atoms with Gasteiger partial charge in [-0.25, -0.2) is 4.79 Å². The van der Waals surface area contributed by atoms with Crippen LogP contribution in [0.3, 0.4) is 0 Å². The summed E-state index contributed by atoms with van der Waals surface area (Å²) in [4.78, 5) is 32.3. The molecule has 8 heteroatoms. The van der Waals surface area contributed by atoms with E-state index in [0.717, 1.165) is 18.2 Å². The van der Waals surface area contributed by atoms with Crippen LogP contribution in [0.1, 0.15) is 24.2 Å². The quantitative estimate of drug-likeness (QED) is 0.597. The highest BCUT2D eigenvalue weighted by molar-refractivity contribution is 5.88. The van der Waals surface area contributed by atoms with Crippen LogP contribution < -0.4 is 10.1 Å². The largest absolute Gasteiger partial charge is 0.478 e. The molecule has 0 spiro atoms. The summed E-state index contributed by atoms with van der Waals surface area (Å²) in [5.74, 6) is -1.94. The summed E-state index contributed by atoms with van der Waals surface area (Å²) < 4.78 is 5.03. The van der Waals surface area contributed by atoms with E-state index in [0.29, 0.717) is 0 Å². The Bertz CT molecular complexity index is 541. The van der Waals surface area contributed by atoms with Crippen LogP contribution in [0.25, 0.3) is 0 Å². The number of ether oxygens (including phenoxy) is 1. The lowest BCUT2D eigenvalue weighted by Gasteiger charge is -2.10. The van der Waals surface area contributed by atoms with Crippen molar-refractivity contribution in [2.45, 2.75) is 19.9 Å². The van der Waals surface area contributed by atoms with Gasteiger partial charge < -0.3 is 15.2 Å². The molecule has 0 atom stereocenters. The summed E-state index contributed by atoms with van der Waals surface area (Å²) in [6, 6.07) is 3.05. The first-order valence-electron chi connectivity index (χ1n) is 5.75. The number of carboxylic acids is 1. The van der Waals surface area contributed by atoms with Gasteiger partial charge in [0.2, 0.25) is 0 Å². The van der Waals surface area contributed by atoms with Gasteiger partial charge in [0, 0.05) is 18.2 Å². The van der Waals surface area contributed by atoms with Crippen LogP contribution in [-0.2, 0) is 4.79 Å². The number of benzene rings is 1. The molecule has 1 amide bonds. The summed E-state index contributed by atoms with van der Waals surface area (Å²) >= 11 is 0. The van der Waals surface area contributed by atoms with Crippen LogP contribution in [0, 0.1) is 10.1 Å². The molecule has 8 nitrogen and oxygen atoms in total. The minimum atomic E-state index is -1.24. The van der Waals surface area contributed by atoms with E-state index in [1.165, 1.54) is 0 Å². The third-order valence-electron chi connectivity index (χ3n) is 2.21. The van der Waals surface area contributed by atoms with Crippen molar-refractivity contribution in [2.75, 3.05) is 6.61 Å². The Balaban J connectivity index is 2.90. The first-order chi connectivity index (χ1) is 9.31. The molecule has 108 valence electrons. The maximum Gasteiger partial charge on any atom is 0.335 e. The minimum Gasteiger partial charge on any atom is -0.478 e. The van der Waals surface area contributed by atoms with E-state index in [-0.39, 0.29) is 17.4 Å². The zero-order valence-electron chi connectivity index (χ0n) is 11.0. The van der Waals surface area contributed by atoms with Crippen molar-refractivity contribution < 1.29 is 24.4 Å². The van der Waals surface area contributed by atoms with E-state index >= 15 is 0 Å². The van der Waals surface area contributed by atoms with E-state index in [9.17, 15) is 19.7 Å². The normalized spacial score (nSPS) is 10.2. The number of aromatic carboxylic acids is 1. The molecule has 0 unspecified atom stereocenters. The van der Waals surface area contributed by atoms with Crippen LogP contribution in [0.2, 0.25) is 0 Å². The van der Waals surface area contributed by atoms with E-state index in [1.54, 1.807) is 13.8 Å². The zero-order valence-corrected chi connectivity index (χ0v) is 11.0. The molecule has 0 aliphatic rings. The highest BCUT2D eigenvalue weighted by Crippen LogP contribution is 2.27. The van der Waals surface area contributed by atoms with Crippen molar-refractivity contribution in [1.29, 1.82) is 0 Å². The summed E-state index contributed by atoms with van der Waals surface area (Å²) in [6.07, 6.45) is 0. The topological polar surface area (TPSA) is 119 Å². The number of hydrogen-bond donors (Lipinski definition) is 2. The molecular weight excluding hydrogens is 268 g/mol. The smallest absolute Gasteiger partial charge is 0.335 e. The summed E-state index contributed by atoms with van der Waals surface area (Å²) in [7, 11) is 0. The maximum atomic E-state index is 11.4. The third-order valence-corrected chi connectivity index (χ3v) is 2.21. The van der Waals surface area contributed by atoms with Crippen molar-refractivity contribution >= 4 is 17.6 Å². The number of nitrogens with one attached hydrogen (secondary N) is 1. The molecule has 0 saturated heterocycles. The standard InChI is InChI=1S/C12H14N2O6/c1-7(2)13-11(15)6-20-10-5-8(12(16)17)3-4-9(10)14(18)19/h3-5,7H,6H2,1-2H3,(H,13,15)(H,16,17). The molecule has 2 N–H and O–H groups in total. The number of nitrogens with zero attached hydrogens (tertiary/aromatic N) is 1. The van der Waals surface area contributed by atoms with Gasteiger partial charge in [0.15, 0.2) is 12.4 Å². The lowest BCUT2D eigenvalue weighted by molar-refractivity contribution is -0.385. The highest BCUT2D eigenvalue weighted by Gasteiger charge is 2.19. The Morgan fingerprint density at radius 2 is 2.10 bits per heavy atom. The number of amides is 1. The molecule has 0 aliphatic carbocycles. The van der Waals surface area contributed by atoms with Crippen LogP contribution in [-0.4, -0.2) is 34.6 Å². The van der Waals surface area contributed by atoms with Gasteiger partial charge in [-0.1, -0.05) is 0 Å². The SMILES string of the molecule is CC(C)NC(=O)COc1cc(C(=O)O)ccc1[N+](=O)[O-]. The van der Waals surface area contributed by atoms with Crippen molar-refractivity contribution in [1.82, 2.24) is 5.32 Å². The molecular formula is C12H14N2O6. The number of carbonyl (C=O) groups is 2. The fraction of sp³-hybridized carbons (Fsp3) is 0.333. The number of carboxylic acid groups (broad SMARTS) is 1. The fourth-order valence-electron chi connectivity index (χ4n) is 1.42. The predicted octanol–water partition coefficient (Wildman–Crippen LogP) is 1.20. The average Bonchev–Trinajstić information content (AvgIpc) is 2.34. The molecule has 1 aromatic carbocycles. The van der Waals surface area contributed by atoms with Crippen LogP contribution in [0.5, 0.6) is 5.75 Å². The van der Waals surface area contributed by atoms with Gasteiger partial charge >= 0.3 is 11.7 Å². The van der Waals surface area contributed by atoms with Crippen molar-refractivity contribution in [2.24, 2.45) is 0 Å². The van der Waals surface area contributed by atoms with Crippen LogP contribution in [0.15, 0.2) is 18.2 Å². The van der Waals surface area contributed by atoms with Gasteiger partial charge in [-0.2, -0.15) is 0 Å². The van der Waals surface area contributed by atoms with Gasteiger partial charge in [-0.3, -0.25) is 14.9 Å². The Hall–Kier alpha value is -2.64. The summed E-state index contributed by atoms with van der Waals surface area (Å²) in [5.41, 5.74) is -0.554. The third kappa shape index (κ3) is 4.23. The highest BCUT2D eigenvalue weighted by atomic mass is 16.6. The van der Waals surface area contributed by atoms with Crippen molar-refractivity contribution in [3.05, 3.63) is 33.9 Å². The second kappa shape index (κ2) is 6.50. The Morgan fingerprint density at radius 1 is 1.45 bits per heavy atom. The Morgan fingerprint density at radius 3 is 2.60 bits per heavy atom. The van der Waals surface area contributed by atoms with Gasteiger partial charge in [0.05, 0.1) is 10.5 Å². The van der Waals surface area contributed by atoms with Gasteiger partial charge in [-0.15, -0.1) is 0 Å². The van der Waals surface area contributed by atoms with Gasteiger partial charge in [0.25, 0.3) is 5.91 Å². The molecule has 0 radical (unpaired) electrons. The lowest BCUT2D eigenvalue weighted by Crippen LogP contribution is -2.34. The summed E-state index contributed by atoms with van der Waals surface area (Å²) in [5, 5.41) is 22.2. The van der Waals surface area contributed by atoms with Gasteiger partial charge in [0.1, 0.15) is 0 Å². The molecule has 0 bridgehead atoms. The zero-order chi connectivity index (χ0) is 15.3. The van der Waals surface area contributed by atoms with Crippen molar-refractivity contribution in [3.8, 4) is 5.75 Å². The molecule has 20 heavy (non-hydrogen) atoms. The Labute approximate surface area is 114 Å². The number of carbonyl (C=O) groups excluding carboxylic acids is 1. The van der Waals surface area contributed by atoms with Crippen LogP contribution >= 0.6 is 0 Å². The monoisotopic (exact) mass is 282 g/mol. The second-order valence-electron chi connectivity index (χ2n) is 4.26. The van der Waals surface area contributed by atoms with E-state index in [4.69, 9.17) is 9.84 Å². The van der Waals surface area contributed by atoms with E-state index < -0.39 is 29.1 Å². The maximum absolute atomic E-state index is 11.4. The number of hydrogen-bond acceptors (Lipinski definition) is 5. The molecule has 0 fully saturated rings. The minimum absolute atomic E-state index is 0.0913. The number of rotatable bonds is 6. The lowest BCUT2D eigenvalue weighted by atomic mass is 10.2. The van der Waals surface area contributed by atoms with Gasteiger partial charge in [-0.05, 0) is 19.9 Å². The van der Waals surface area contributed by atoms with E-state index in [1.807, 2.05) is 0 Å². The molecule has 0 aromatic heterocycles. The first-order valence-corrected chi connectivity index (χ1v) is 5.75. The predicted molar refractivity (Wildman–Crippen MR) is 68.8 cm³/mol. The molecule has 0 aliphatic heterocycles. The van der Waals surface area contributed by atoms with Crippen molar-refractivity contribution in [3.63, 3.8) is 0 Å². The molecule has 0 heterocycles. The van der Waals surface area contributed by atoms with Crippen LogP contribution in [0.4, 0.5) is 5.69 Å². The second-order valence-corrected chi connectivity index (χ2v) is 4.26.